The molecule has 1 aliphatic carbocycles. The third kappa shape index (κ3) is 5.71. The molecule has 4 nitrogen and oxygen atoms in total. The molecular formula is C13H24N2O2. The first-order chi connectivity index (χ1) is 8.09. The molecule has 0 saturated heterocycles. The van der Waals surface area contributed by atoms with Crippen molar-refractivity contribution in [2.75, 3.05) is 0 Å². The number of primary amides is 1. The maximum absolute atomic E-state index is 11.5. The van der Waals surface area contributed by atoms with Gasteiger partial charge in [0.15, 0.2) is 0 Å². The van der Waals surface area contributed by atoms with Crippen LogP contribution >= 0.6 is 0 Å². The van der Waals surface area contributed by atoms with E-state index in [0.717, 1.165) is 18.8 Å². The lowest BCUT2D eigenvalue weighted by molar-refractivity contribution is -0.127. The number of hydrogen-bond acceptors (Lipinski definition) is 2. The molecule has 0 aromatic carbocycles. The highest BCUT2D eigenvalue weighted by Crippen LogP contribution is 2.27. The Morgan fingerprint density at radius 1 is 1.29 bits per heavy atom. The highest BCUT2D eigenvalue weighted by atomic mass is 16.2. The van der Waals surface area contributed by atoms with Gasteiger partial charge in [0.2, 0.25) is 11.8 Å². The largest absolute Gasteiger partial charge is 0.368 e. The van der Waals surface area contributed by atoms with Gasteiger partial charge in [-0.1, -0.05) is 32.1 Å². The number of carbonyl (C=O) groups excluding carboxylic acids is 2. The minimum absolute atomic E-state index is 0.0629. The molecule has 0 aromatic heterocycles. The molecule has 1 saturated carbocycles. The van der Waals surface area contributed by atoms with Crippen molar-refractivity contribution in [3.63, 3.8) is 0 Å². The van der Waals surface area contributed by atoms with Gasteiger partial charge in [-0.15, -0.1) is 0 Å². The van der Waals surface area contributed by atoms with Crippen molar-refractivity contribution in [1.29, 1.82) is 0 Å². The topological polar surface area (TPSA) is 72.2 Å². The van der Waals surface area contributed by atoms with Crippen LogP contribution in [0.3, 0.4) is 0 Å². The van der Waals surface area contributed by atoms with E-state index in [1.807, 2.05) is 0 Å². The van der Waals surface area contributed by atoms with E-state index in [-0.39, 0.29) is 5.91 Å². The third-order valence-corrected chi connectivity index (χ3v) is 3.55. The summed E-state index contributed by atoms with van der Waals surface area (Å²) in [5, 5.41) is 2.60. The van der Waals surface area contributed by atoms with Gasteiger partial charge in [-0.2, -0.15) is 0 Å². The van der Waals surface area contributed by atoms with Crippen LogP contribution in [0.5, 0.6) is 0 Å². The first-order valence-corrected chi connectivity index (χ1v) is 6.68. The molecule has 1 fully saturated rings. The number of hydrogen-bond donors (Lipinski definition) is 2. The first-order valence-electron chi connectivity index (χ1n) is 6.68. The van der Waals surface area contributed by atoms with Gasteiger partial charge >= 0.3 is 0 Å². The molecule has 1 unspecified atom stereocenters. The maximum atomic E-state index is 11.5. The molecule has 1 atom stereocenters. The quantitative estimate of drug-likeness (QED) is 0.742. The van der Waals surface area contributed by atoms with Crippen molar-refractivity contribution in [2.45, 2.75) is 64.3 Å². The fraction of sp³-hybridized carbons (Fsp3) is 0.846. The van der Waals surface area contributed by atoms with Gasteiger partial charge in [-0.3, -0.25) is 9.59 Å². The minimum Gasteiger partial charge on any atom is -0.368 e. The van der Waals surface area contributed by atoms with Gasteiger partial charge in [-0.25, -0.2) is 0 Å². The predicted molar refractivity (Wildman–Crippen MR) is 67.2 cm³/mol. The van der Waals surface area contributed by atoms with Gasteiger partial charge < -0.3 is 11.1 Å². The average molecular weight is 240 g/mol. The number of amides is 2. The average Bonchev–Trinajstić information content (AvgIpc) is 2.30. The van der Waals surface area contributed by atoms with Crippen LogP contribution in [0.4, 0.5) is 0 Å². The molecule has 3 N–H and O–H groups in total. The van der Waals surface area contributed by atoms with E-state index in [2.05, 4.69) is 5.32 Å². The molecule has 17 heavy (non-hydrogen) atoms. The van der Waals surface area contributed by atoms with Crippen molar-refractivity contribution < 1.29 is 9.59 Å². The Hall–Kier alpha value is -1.06. The van der Waals surface area contributed by atoms with Crippen LogP contribution in [0.15, 0.2) is 0 Å². The summed E-state index contributed by atoms with van der Waals surface area (Å²) in [7, 11) is 0. The zero-order valence-electron chi connectivity index (χ0n) is 10.7. The predicted octanol–water partition coefficient (Wildman–Crippen LogP) is 1.73. The van der Waals surface area contributed by atoms with Gasteiger partial charge in [0.1, 0.15) is 6.04 Å². The second-order valence-electron chi connectivity index (χ2n) is 5.09. The van der Waals surface area contributed by atoms with Gasteiger partial charge in [-0.05, 0) is 25.7 Å². The van der Waals surface area contributed by atoms with Gasteiger partial charge in [0.25, 0.3) is 0 Å². The van der Waals surface area contributed by atoms with Crippen molar-refractivity contribution in [3.05, 3.63) is 0 Å². The fourth-order valence-corrected chi connectivity index (χ4v) is 2.41. The normalized spacial score (nSPS) is 18.6. The molecule has 0 heterocycles. The molecule has 0 spiro atoms. The molecule has 2 amide bonds. The van der Waals surface area contributed by atoms with Gasteiger partial charge in [0, 0.05) is 6.42 Å². The second kappa shape index (κ2) is 7.30. The Balaban J connectivity index is 2.09. The van der Waals surface area contributed by atoms with Crippen molar-refractivity contribution in [1.82, 2.24) is 5.32 Å². The smallest absolute Gasteiger partial charge is 0.239 e. The van der Waals surface area contributed by atoms with Crippen molar-refractivity contribution >= 4 is 11.8 Å². The third-order valence-electron chi connectivity index (χ3n) is 3.55. The standard InChI is InChI=1S/C13H24N2O2/c1-10(13(14)17)15-12(16)9-5-8-11-6-3-2-4-7-11/h10-11H,2-9H2,1H3,(H2,14,17)(H,15,16). The lowest BCUT2D eigenvalue weighted by Gasteiger charge is -2.21. The van der Waals surface area contributed by atoms with E-state index in [0.29, 0.717) is 6.42 Å². The second-order valence-corrected chi connectivity index (χ2v) is 5.09. The Labute approximate surface area is 103 Å². The summed E-state index contributed by atoms with van der Waals surface area (Å²) < 4.78 is 0. The molecule has 1 rings (SSSR count). The first kappa shape index (κ1) is 14.0. The molecular weight excluding hydrogens is 216 g/mol. The Kier molecular flexibility index (Phi) is 6.01. The van der Waals surface area contributed by atoms with Gasteiger partial charge in [0.05, 0.1) is 0 Å². The number of rotatable bonds is 6. The minimum atomic E-state index is -0.558. The van der Waals surface area contributed by atoms with Crippen molar-refractivity contribution in [3.8, 4) is 0 Å². The van der Waals surface area contributed by atoms with Crippen LogP contribution in [0.25, 0.3) is 0 Å². The van der Waals surface area contributed by atoms with E-state index in [4.69, 9.17) is 5.73 Å². The van der Waals surface area contributed by atoms with Crippen LogP contribution in [0.2, 0.25) is 0 Å². The Morgan fingerprint density at radius 2 is 1.94 bits per heavy atom. The Morgan fingerprint density at radius 3 is 2.53 bits per heavy atom. The summed E-state index contributed by atoms with van der Waals surface area (Å²) in [6.45, 7) is 1.61. The molecule has 4 heteroatoms. The lowest BCUT2D eigenvalue weighted by atomic mass is 9.86. The van der Waals surface area contributed by atoms with Crippen LogP contribution in [0, 0.1) is 5.92 Å². The van der Waals surface area contributed by atoms with E-state index in [1.54, 1.807) is 6.92 Å². The molecule has 0 radical (unpaired) electrons. The molecule has 1 aliphatic rings. The van der Waals surface area contributed by atoms with Crippen LogP contribution in [-0.4, -0.2) is 17.9 Å². The molecule has 0 aromatic rings. The monoisotopic (exact) mass is 240 g/mol. The zero-order valence-corrected chi connectivity index (χ0v) is 10.7. The zero-order chi connectivity index (χ0) is 12.7. The lowest BCUT2D eigenvalue weighted by Crippen LogP contribution is -2.42. The van der Waals surface area contributed by atoms with Crippen LogP contribution in [0.1, 0.15) is 58.3 Å². The maximum Gasteiger partial charge on any atom is 0.239 e. The van der Waals surface area contributed by atoms with E-state index >= 15 is 0 Å². The van der Waals surface area contributed by atoms with E-state index in [9.17, 15) is 9.59 Å². The molecule has 98 valence electrons. The summed E-state index contributed by atoms with van der Waals surface area (Å²) in [5.74, 6) is 0.267. The van der Waals surface area contributed by atoms with Crippen molar-refractivity contribution in [2.24, 2.45) is 11.7 Å². The molecule has 0 bridgehead atoms. The molecule has 0 aliphatic heterocycles. The highest BCUT2D eigenvalue weighted by molar-refractivity contribution is 5.86. The number of carbonyl (C=O) groups is 2. The summed E-state index contributed by atoms with van der Waals surface area (Å²) in [6, 6.07) is -0.558. The number of nitrogens with one attached hydrogen (secondary N) is 1. The highest BCUT2D eigenvalue weighted by Gasteiger charge is 2.15. The summed E-state index contributed by atoms with van der Waals surface area (Å²) >= 11 is 0. The van der Waals surface area contributed by atoms with E-state index in [1.165, 1.54) is 32.1 Å². The van der Waals surface area contributed by atoms with Crippen LogP contribution < -0.4 is 11.1 Å². The number of nitrogens with two attached hydrogens (primary N) is 1. The SMILES string of the molecule is CC(NC(=O)CCCC1CCCCC1)C(N)=O. The summed E-state index contributed by atoms with van der Waals surface area (Å²) in [5.41, 5.74) is 5.08. The summed E-state index contributed by atoms with van der Waals surface area (Å²) in [4.78, 5) is 22.2. The summed E-state index contributed by atoms with van der Waals surface area (Å²) in [6.07, 6.45) is 9.26. The van der Waals surface area contributed by atoms with Crippen LogP contribution in [-0.2, 0) is 9.59 Å². The fourth-order valence-electron chi connectivity index (χ4n) is 2.41. The Bertz CT molecular complexity index is 260. The van der Waals surface area contributed by atoms with E-state index < -0.39 is 11.9 Å².